The molecule has 2 aromatic rings. The van der Waals surface area contributed by atoms with Crippen molar-refractivity contribution in [1.82, 2.24) is 0 Å². The summed E-state index contributed by atoms with van der Waals surface area (Å²) in [6.45, 7) is 16.4. The van der Waals surface area contributed by atoms with Crippen LogP contribution in [0.3, 0.4) is 0 Å². The average molecular weight is 424 g/mol. The molecular formula is C29H45NO. The van der Waals surface area contributed by atoms with Gasteiger partial charge in [0.05, 0.1) is 0 Å². The monoisotopic (exact) mass is 423 g/mol. The summed E-state index contributed by atoms with van der Waals surface area (Å²) in [5.41, 5.74) is 6.06. The summed E-state index contributed by atoms with van der Waals surface area (Å²) in [4.78, 5) is 2.36. The predicted octanol–water partition coefficient (Wildman–Crippen LogP) is 7.79. The van der Waals surface area contributed by atoms with E-state index in [2.05, 4.69) is 96.8 Å². The number of anilines is 1. The Morgan fingerprint density at radius 2 is 1.42 bits per heavy atom. The maximum absolute atomic E-state index is 11.1. The van der Waals surface area contributed by atoms with Gasteiger partial charge >= 0.3 is 0 Å². The van der Waals surface area contributed by atoms with Crippen molar-refractivity contribution in [1.29, 1.82) is 0 Å². The van der Waals surface area contributed by atoms with E-state index in [1.807, 2.05) is 0 Å². The standard InChI is InChI=1S/C29H45NO/c1-9-10-13-22-15-18-24(19-16-22)30(8)21-12-11-14-23-17-20-25(28(2,3)4)27(31)26(23)29(5,6)7/h15-20,31H,9-14,21H2,1-8H3. The van der Waals surface area contributed by atoms with Crippen LogP contribution in [0.1, 0.15) is 96.4 Å². The molecule has 1 N–H and O–H groups in total. The lowest BCUT2D eigenvalue weighted by molar-refractivity contribution is 0.421. The molecule has 0 spiro atoms. The fourth-order valence-corrected chi connectivity index (χ4v) is 4.37. The van der Waals surface area contributed by atoms with E-state index in [4.69, 9.17) is 0 Å². The van der Waals surface area contributed by atoms with Crippen molar-refractivity contribution >= 4 is 5.69 Å². The fraction of sp³-hybridized carbons (Fsp3) is 0.586. The lowest BCUT2D eigenvalue weighted by atomic mass is 9.76. The number of hydrogen-bond donors (Lipinski definition) is 1. The van der Waals surface area contributed by atoms with Crippen molar-refractivity contribution in [2.24, 2.45) is 0 Å². The van der Waals surface area contributed by atoms with Crippen molar-refractivity contribution in [3.8, 4) is 5.75 Å². The SMILES string of the molecule is CCCCc1ccc(N(C)CCCCc2ccc(C(C)(C)C)c(O)c2C(C)(C)C)cc1. The van der Waals surface area contributed by atoms with E-state index in [0.29, 0.717) is 5.75 Å². The first-order valence-corrected chi connectivity index (χ1v) is 12.1. The topological polar surface area (TPSA) is 23.5 Å². The number of nitrogens with zero attached hydrogens (tertiary/aromatic N) is 1. The van der Waals surface area contributed by atoms with E-state index in [0.717, 1.165) is 36.9 Å². The van der Waals surface area contributed by atoms with E-state index >= 15 is 0 Å². The molecule has 0 unspecified atom stereocenters. The van der Waals surface area contributed by atoms with Gasteiger partial charge in [-0.3, -0.25) is 0 Å². The number of unbranched alkanes of at least 4 members (excludes halogenated alkanes) is 2. The van der Waals surface area contributed by atoms with Gasteiger partial charge in [0.15, 0.2) is 0 Å². The van der Waals surface area contributed by atoms with Crippen LogP contribution >= 0.6 is 0 Å². The molecule has 172 valence electrons. The molecule has 31 heavy (non-hydrogen) atoms. The van der Waals surface area contributed by atoms with Crippen LogP contribution in [-0.2, 0) is 23.7 Å². The van der Waals surface area contributed by atoms with Crippen LogP contribution in [0.5, 0.6) is 5.75 Å². The number of phenolic OH excluding ortho intramolecular Hbond substituents is 1. The Kier molecular flexibility index (Phi) is 8.63. The molecule has 0 bridgehead atoms. The number of rotatable bonds is 9. The zero-order valence-electron chi connectivity index (χ0n) is 21.3. The van der Waals surface area contributed by atoms with Crippen molar-refractivity contribution in [2.45, 2.75) is 97.8 Å². The summed E-state index contributed by atoms with van der Waals surface area (Å²) < 4.78 is 0. The zero-order chi connectivity index (χ0) is 23.2. The highest BCUT2D eigenvalue weighted by Crippen LogP contribution is 2.41. The maximum atomic E-state index is 11.1. The zero-order valence-corrected chi connectivity index (χ0v) is 21.3. The summed E-state index contributed by atoms with van der Waals surface area (Å²) in [7, 11) is 2.19. The first kappa shape index (κ1) is 25.3. The number of aromatic hydroxyl groups is 1. The summed E-state index contributed by atoms with van der Waals surface area (Å²) in [6.07, 6.45) is 6.95. The molecule has 0 aliphatic carbocycles. The van der Waals surface area contributed by atoms with Crippen LogP contribution in [-0.4, -0.2) is 18.7 Å². The normalized spacial score (nSPS) is 12.3. The van der Waals surface area contributed by atoms with E-state index < -0.39 is 0 Å². The molecule has 0 saturated heterocycles. The predicted molar refractivity (Wildman–Crippen MR) is 137 cm³/mol. The molecule has 0 heterocycles. The van der Waals surface area contributed by atoms with Gasteiger partial charge in [0, 0.05) is 24.8 Å². The second kappa shape index (κ2) is 10.6. The van der Waals surface area contributed by atoms with Crippen LogP contribution in [0.4, 0.5) is 5.69 Å². The third kappa shape index (κ3) is 7.02. The van der Waals surface area contributed by atoms with Crippen molar-refractivity contribution in [2.75, 3.05) is 18.5 Å². The van der Waals surface area contributed by atoms with Gasteiger partial charge < -0.3 is 10.0 Å². The Morgan fingerprint density at radius 3 is 1.97 bits per heavy atom. The van der Waals surface area contributed by atoms with Gasteiger partial charge in [-0.05, 0) is 71.8 Å². The Hall–Kier alpha value is -1.96. The molecule has 2 rings (SSSR count). The molecular weight excluding hydrogens is 378 g/mol. The average Bonchev–Trinajstić information content (AvgIpc) is 2.67. The van der Waals surface area contributed by atoms with Crippen LogP contribution in [0.25, 0.3) is 0 Å². The van der Waals surface area contributed by atoms with Crippen molar-refractivity contribution in [3.05, 3.63) is 58.7 Å². The van der Waals surface area contributed by atoms with Gasteiger partial charge in [-0.2, -0.15) is 0 Å². The molecule has 0 aromatic heterocycles. The van der Waals surface area contributed by atoms with Crippen molar-refractivity contribution < 1.29 is 5.11 Å². The van der Waals surface area contributed by atoms with E-state index in [1.165, 1.54) is 36.1 Å². The molecule has 0 radical (unpaired) electrons. The van der Waals surface area contributed by atoms with E-state index in [-0.39, 0.29) is 10.8 Å². The van der Waals surface area contributed by atoms with Crippen LogP contribution in [0.2, 0.25) is 0 Å². The van der Waals surface area contributed by atoms with Crippen LogP contribution in [0.15, 0.2) is 36.4 Å². The number of hydrogen-bond acceptors (Lipinski definition) is 2. The minimum Gasteiger partial charge on any atom is -0.507 e. The van der Waals surface area contributed by atoms with Gasteiger partial charge in [-0.15, -0.1) is 0 Å². The van der Waals surface area contributed by atoms with Crippen LogP contribution in [0, 0.1) is 0 Å². The van der Waals surface area contributed by atoms with Gasteiger partial charge in [0.1, 0.15) is 5.75 Å². The Balaban J connectivity index is 2.00. The van der Waals surface area contributed by atoms with Crippen LogP contribution < -0.4 is 4.90 Å². The highest BCUT2D eigenvalue weighted by molar-refractivity contribution is 5.51. The Labute approximate surface area is 191 Å². The Morgan fingerprint density at radius 1 is 0.774 bits per heavy atom. The molecule has 0 atom stereocenters. The molecule has 2 heteroatoms. The molecule has 0 amide bonds. The second-order valence-electron chi connectivity index (χ2n) is 11.1. The molecule has 0 aliphatic heterocycles. The fourth-order valence-electron chi connectivity index (χ4n) is 4.37. The molecule has 2 nitrogen and oxygen atoms in total. The summed E-state index contributed by atoms with van der Waals surface area (Å²) in [5.74, 6) is 0.498. The number of benzene rings is 2. The quantitative estimate of drug-likeness (QED) is 0.416. The molecule has 2 aromatic carbocycles. The highest BCUT2D eigenvalue weighted by atomic mass is 16.3. The van der Waals surface area contributed by atoms with Gasteiger partial charge in [0.2, 0.25) is 0 Å². The first-order chi connectivity index (χ1) is 14.4. The summed E-state index contributed by atoms with van der Waals surface area (Å²) >= 11 is 0. The second-order valence-corrected chi connectivity index (χ2v) is 11.1. The summed E-state index contributed by atoms with van der Waals surface area (Å²) in [5, 5.41) is 11.1. The summed E-state index contributed by atoms with van der Waals surface area (Å²) in [6, 6.07) is 13.4. The minimum absolute atomic E-state index is 0.0581. The highest BCUT2D eigenvalue weighted by Gasteiger charge is 2.27. The van der Waals surface area contributed by atoms with Gasteiger partial charge in [-0.25, -0.2) is 0 Å². The lowest BCUT2D eigenvalue weighted by Gasteiger charge is -2.29. The first-order valence-electron chi connectivity index (χ1n) is 12.1. The van der Waals surface area contributed by atoms with Gasteiger partial charge in [-0.1, -0.05) is 79.2 Å². The molecule has 0 saturated carbocycles. The van der Waals surface area contributed by atoms with Crippen molar-refractivity contribution in [3.63, 3.8) is 0 Å². The molecule has 0 aliphatic rings. The third-order valence-electron chi connectivity index (χ3n) is 6.21. The minimum atomic E-state index is -0.0724. The largest absolute Gasteiger partial charge is 0.507 e. The Bertz CT molecular complexity index is 822. The van der Waals surface area contributed by atoms with E-state index in [9.17, 15) is 5.11 Å². The number of phenols is 1. The number of aryl methyl sites for hydroxylation is 2. The molecule has 0 fully saturated rings. The van der Waals surface area contributed by atoms with Gasteiger partial charge in [0.25, 0.3) is 0 Å². The smallest absolute Gasteiger partial charge is 0.123 e. The third-order valence-corrected chi connectivity index (χ3v) is 6.21. The van der Waals surface area contributed by atoms with E-state index in [1.54, 1.807) is 0 Å². The maximum Gasteiger partial charge on any atom is 0.123 e. The lowest BCUT2D eigenvalue weighted by Crippen LogP contribution is -2.20.